The zero-order valence-corrected chi connectivity index (χ0v) is 20.7. The molecule has 6 heteroatoms. The third kappa shape index (κ3) is 18.3. The Morgan fingerprint density at radius 3 is 1.81 bits per heavy atom. The summed E-state index contributed by atoms with van der Waals surface area (Å²) in [7, 11) is 0. The predicted molar refractivity (Wildman–Crippen MR) is 133 cm³/mol. The molecule has 1 unspecified atom stereocenters. The van der Waals surface area contributed by atoms with E-state index in [2.05, 4.69) is 12.2 Å². The lowest BCUT2D eigenvalue weighted by molar-refractivity contribution is -0.123. The minimum absolute atomic E-state index is 0.0163. The first-order valence-corrected chi connectivity index (χ1v) is 13.2. The Labute approximate surface area is 197 Å². The molecule has 0 aromatic heterocycles. The summed E-state index contributed by atoms with van der Waals surface area (Å²) >= 11 is 0. The van der Waals surface area contributed by atoms with Crippen molar-refractivity contribution in [2.24, 2.45) is 17.4 Å². The molecule has 187 valence electrons. The van der Waals surface area contributed by atoms with E-state index in [1.165, 1.54) is 70.6 Å². The second-order valence-corrected chi connectivity index (χ2v) is 9.10. The van der Waals surface area contributed by atoms with Crippen molar-refractivity contribution >= 4 is 18.0 Å². The molecule has 6 nitrogen and oxygen atoms in total. The summed E-state index contributed by atoms with van der Waals surface area (Å²) in [6.45, 7) is 3.12. The van der Waals surface area contributed by atoms with Crippen LogP contribution in [0.15, 0.2) is 0 Å². The third-order valence-electron chi connectivity index (χ3n) is 6.08. The van der Waals surface area contributed by atoms with Gasteiger partial charge in [0.15, 0.2) is 5.78 Å². The summed E-state index contributed by atoms with van der Waals surface area (Å²) in [4.78, 5) is 35.3. The highest BCUT2D eigenvalue weighted by atomic mass is 16.2. The van der Waals surface area contributed by atoms with Crippen molar-refractivity contribution in [2.45, 2.75) is 129 Å². The van der Waals surface area contributed by atoms with Gasteiger partial charge in [0.1, 0.15) is 0 Å². The van der Waals surface area contributed by atoms with Gasteiger partial charge in [-0.05, 0) is 32.2 Å². The second-order valence-electron chi connectivity index (χ2n) is 9.10. The first-order valence-electron chi connectivity index (χ1n) is 13.2. The van der Waals surface area contributed by atoms with Gasteiger partial charge in [-0.3, -0.25) is 14.4 Å². The number of nitrogens with two attached hydrogens (primary N) is 2. The van der Waals surface area contributed by atoms with Gasteiger partial charge in [0.05, 0.1) is 12.0 Å². The molecule has 0 rings (SSSR count). The van der Waals surface area contributed by atoms with E-state index in [-0.39, 0.29) is 18.1 Å². The lowest BCUT2D eigenvalue weighted by Gasteiger charge is -2.15. The number of rotatable bonds is 24. The van der Waals surface area contributed by atoms with E-state index in [0.29, 0.717) is 25.9 Å². The minimum Gasteiger partial charge on any atom is -0.356 e. The Balaban J connectivity index is 3.62. The van der Waals surface area contributed by atoms with Crippen molar-refractivity contribution in [3.05, 3.63) is 0 Å². The smallest absolute Gasteiger partial charge is 0.219 e. The van der Waals surface area contributed by atoms with Crippen LogP contribution in [-0.2, 0) is 14.4 Å². The monoisotopic (exact) mass is 452 g/mol. The van der Waals surface area contributed by atoms with Crippen molar-refractivity contribution in [1.29, 1.82) is 0 Å². The summed E-state index contributed by atoms with van der Waals surface area (Å²) in [6, 6.07) is -0.658. The van der Waals surface area contributed by atoms with Crippen molar-refractivity contribution in [3.8, 4) is 0 Å². The summed E-state index contributed by atoms with van der Waals surface area (Å²) < 4.78 is 0. The van der Waals surface area contributed by atoms with E-state index in [1.807, 2.05) is 0 Å². The summed E-state index contributed by atoms with van der Waals surface area (Å²) in [5.41, 5.74) is 11.3. The highest BCUT2D eigenvalue weighted by molar-refractivity contribution is 5.96. The molecule has 0 bridgehead atoms. The zero-order chi connectivity index (χ0) is 23.9. The van der Waals surface area contributed by atoms with Crippen LogP contribution in [0.2, 0.25) is 0 Å². The van der Waals surface area contributed by atoms with Gasteiger partial charge in [0, 0.05) is 13.0 Å². The predicted octanol–water partition coefficient (Wildman–Crippen LogP) is 4.73. The highest BCUT2D eigenvalue weighted by Crippen LogP contribution is 2.13. The molecular formula is C26H50N3O3. The molecule has 0 spiro atoms. The highest BCUT2D eigenvalue weighted by Gasteiger charge is 2.24. The maximum absolute atomic E-state index is 12.2. The number of carbonyl (C=O) groups excluding carboxylic acids is 3. The van der Waals surface area contributed by atoms with Crippen LogP contribution in [0.3, 0.4) is 0 Å². The molecule has 0 aromatic carbocycles. The van der Waals surface area contributed by atoms with Gasteiger partial charge >= 0.3 is 0 Å². The number of nitrogens with one attached hydrogen (secondary N) is 1. The maximum Gasteiger partial charge on any atom is 0.219 e. The second kappa shape index (κ2) is 22.9. The Hall–Kier alpha value is -1.27. The van der Waals surface area contributed by atoms with Gasteiger partial charge in [0.25, 0.3) is 0 Å². The normalized spacial score (nSPS) is 13.0. The summed E-state index contributed by atoms with van der Waals surface area (Å²) in [5, 5.41) is 2.81. The SMILES string of the molecule is CCCCCCCCCCCCCCCC(=O)NCCC([C]=O)C(=O)[C@@H](N)CCCCN. The number of amides is 1. The third-order valence-corrected chi connectivity index (χ3v) is 6.08. The van der Waals surface area contributed by atoms with Crippen molar-refractivity contribution < 1.29 is 14.4 Å². The average Bonchev–Trinajstić information content (AvgIpc) is 2.79. The minimum atomic E-state index is -0.862. The molecule has 0 saturated heterocycles. The summed E-state index contributed by atoms with van der Waals surface area (Å²) in [6.07, 6.45) is 21.3. The number of carbonyl (C=O) groups is 2. The van der Waals surface area contributed by atoms with E-state index in [0.717, 1.165) is 25.7 Å². The molecule has 5 N–H and O–H groups in total. The van der Waals surface area contributed by atoms with Gasteiger partial charge < -0.3 is 16.8 Å². The largest absolute Gasteiger partial charge is 0.356 e. The molecule has 0 aliphatic heterocycles. The number of hydrogen-bond donors (Lipinski definition) is 3. The number of hydrogen-bond acceptors (Lipinski definition) is 5. The van der Waals surface area contributed by atoms with Crippen LogP contribution in [0.25, 0.3) is 0 Å². The molecule has 0 aliphatic rings. The van der Waals surface area contributed by atoms with E-state index in [4.69, 9.17) is 11.5 Å². The molecule has 1 radical (unpaired) electrons. The van der Waals surface area contributed by atoms with Crippen LogP contribution < -0.4 is 16.8 Å². The van der Waals surface area contributed by atoms with Crippen molar-refractivity contribution in [3.63, 3.8) is 0 Å². The van der Waals surface area contributed by atoms with E-state index in [9.17, 15) is 14.4 Å². The molecule has 32 heavy (non-hydrogen) atoms. The van der Waals surface area contributed by atoms with E-state index < -0.39 is 12.0 Å². The van der Waals surface area contributed by atoms with Crippen molar-refractivity contribution in [1.82, 2.24) is 5.32 Å². The van der Waals surface area contributed by atoms with Crippen LogP contribution in [0.1, 0.15) is 122 Å². The van der Waals surface area contributed by atoms with E-state index in [1.54, 1.807) is 6.29 Å². The van der Waals surface area contributed by atoms with Crippen molar-refractivity contribution in [2.75, 3.05) is 13.1 Å². The molecular weight excluding hydrogens is 402 g/mol. The van der Waals surface area contributed by atoms with Gasteiger partial charge in [0.2, 0.25) is 12.2 Å². The number of Topliss-reactive ketones (excluding diaryl/α,β-unsaturated/α-hetero) is 1. The molecule has 0 fully saturated rings. The standard InChI is InChI=1S/C26H50N3O3/c1-2-3-4-5-6-7-8-9-10-11-12-13-14-18-25(31)29-21-19-23(22-30)26(32)24(28)17-15-16-20-27/h23-24H,2-21,27-28H2,1H3,(H,29,31)/t23?,24-/m0/s1. The Bertz CT molecular complexity index is 471. The Kier molecular flexibility index (Phi) is 22.0. The lowest BCUT2D eigenvalue weighted by atomic mass is 9.93. The van der Waals surface area contributed by atoms with Gasteiger partial charge in [-0.15, -0.1) is 0 Å². The van der Waals surface area contributed by atoms with Crippen LogP contribution in [0, 0.1) is 5.92 Å². The fourth-order valence-electron chi connectivity index (χ4n) is 3.92. The topological polar surface area (TPSA) is 115 Å². The van der Waals surface area contributed by atoms with Crippen LogP contribution in [0.4, 0.5) is 0 Å². The molecule has 0 saturated carbocycles. The van der Waals surface area contributed by atoms with E-state index >= 15 is 0 Å². The fourth-order valence-corrected chi connectivity index (χ4v) is 3.92. The molecule has 0 heterocycles. The molecule has 2 atom stereocenters. The lowest BCUT2D eigenvalue weighted by Crippen LogP contribution is -2.38. The first kappa shape index (κ1) is 30.7. The molecule has 0 aromatic rings. The molecule has 1 amide bonds. The van der Waals surface area contributed by atoms with Gasteiger partial charge in [-0.1, -0.05) is 90.4 Å². The first-order chi connectivity index (χ1) is 15.6. The Morgan fingerprint density at radius 2 is 1.31 bits per heavy atom. The number of ketones is 1. The van der Waals surface area contributed by atoms with Crippen LogP contribution in [0.5, 0.6) is 0 Å². The summed E-state index contributed by atoms with van der Waals surface area (Å²) in [5.74, 6) is -1.17. The zero-order valence-electron chi connectivity index (χ0n) is 20.7. The van der Waals surface area contributed by atoms with Gasteiger partial charge in [-0.25, -0.2) is 0 Å². The average molecular weight is 453 g/mol. The maximum atomic E-state index is 12.2. The quantitative estimate of drug-likeness (QED) is 0.145. The fraction of sp³-hybridized carbons (Fsp3) is 0.885. The Morgan fingerprint density at radius 1 is 0.781 bits per heavy atom. The number of unbranched alkanes of at least 4 members (excludes halogenated alkanes) is 13. The molecule has 0 aliphatic carbocycles. The van der Waals surface area contributed by atoms with Crippen LogP contribution in [-0.4, -0.2) is 37.1 Å². The van der Waals surface area contributed by atoms with Crippen LogP contribution >= 0.6 is 0 Å². The van der Waals surface area contributed by atoms with Gasteiger partial charge in [-0.2, -0.15) is 0 Å².